The van der Waals surface area contributed by atoms with Gasteiger partial charge in [-0.05, 0) is 59.1 Å². The summed E-state index contributed by atoms with van der Waals surface area (Å²) in [5.41, 5.74) is 1.34. The van der Waals surface area contributed by atoms with Crippen molar-refractivity contribution in [1.29, 1.82) is 0 Å². The minimum Gasteiger partial charge on any atom is -0.407 e. The molecule has 3 aromatic rings. The van der Waals surface area contributed by atoms with Crippen molar-refractivity contribution in [2.24, 2.45) is 0 Å². The first-order valence-corrected chi connectivity index (χ1v) is 14.2. The maximum Gasteiger partial charge on any atom is 0.261 e. The van der Waals surface area contributed by atoms with E-state index in [1.165, 1.54) is 35.2 Å². The van der Waals surface area contributed by atoms with Crippen LogP contribution in [0, 0.1) is 0 Å². The normalized spacial score (nSPS) is 12.3. The van der Waals surface area contributed by atoms with Crippen LogP contribution in [0.25, 0.3) is 0 Å². The monoisotopic (exact) mass is 457 g/mol. The number of nitrogens with zero attached hydrogens (tertiary/aromatic N) is 1. The molecule has 0 unspecified atom stereocenters. The van der Waals surface area contributed by atoms with Gasteiger partial charge in [-0.2, -0.15) is 0 Å². The minimum absolute atomic E-state index is 0.0354. The number of aromatic nitrogens is 1. The molecule has 0 amide bonds. The summed E-state index contributed by atoms with van der Waals surface area (Å²) < 4.78 is 6.94. The summed E-state index contributed by atoms with van der Waals surface area (Å²) in [6.07, 6.45) is 15.4. The number of pyridine rings is 1. The molecular weight excluding hydrogens is 418 g/mol. The lowest BCUT2D eigenvalue weighted by molar-refractivity contribution is 0.304. The van der Waals surface area contributed by atoms with E-state index in [9.17, 15) is 0 Å². The van der Waals surface area contributed by atoms with Crippen LogP contribution in [-0.4, -0.2) is 19.9 Å². The molecule has 0 aliphatic heterocycles. The molecule has 3 rings (SSSR count). The third kappa shape index (κ3) is 6.99. The quantitative estimate of drug-likeness (QED) is 0.171. The molecule has 0 saturated heterocycles. The molecule has 0 aliphatic carbocycles. The SMILES string of the molecule is CC(C)(C)[Si](OCC/C=C/CCCCCc1cccnc1)(c1ccccc1)c1ccccc1. The average Bonchev–Trinajstić information content (AvgIpc) is 2.84. The Hall–Kier alpha value is -2.49. The Morgan fingerprint density at radius 2 is 1.39 bits per heavy atom. The second-order valence-corrected chi connectivity index (χ2v) is 14.0. The molecule has 0 aliphatic rings. The largest absolute Gasteiger partial charge is 0.407 e. The fourth-order valence-electron chi connectivity index (χ4n) is 4.59. The number of unbranched alkanes of at least 4 members (excludes halogenated alkanes) is 3. The van der Waals surface area contributed by atoms with Crippen LogP contribution in [0.3, 0.4) is 0 Å². The summed E-state index contributed by atoms with van der Waals surface area (Å²) in [4.78, 5) is 4.19. The number of hydrogen-bond donors (Lipinski definition) is 0. The van der Waals surface area contributed by atoms with E-state index in [1.807, 2.05) is 18.5 Å². The van der Waals surface area contributed by atoms with Gasteiger partial charge >= 0.3 is 0 Å². The van der Waals surface area contributed by atoms with Crippen molar-refractivity contribution in [3.63, 3.8) is 0 Å². The Balaban J connectivity index is 1.53. The molecule has 174 valence electrons. The summed E-state index contributed by atoms with van der Waals surface area (Å²) >= 11 is 0. The molecule has 0 radical (unpaired) electrons. The van der Waals surface area contributed by atoms with Gasteiger partial charge in [0.1, 0.15) is 0 Å². The Labute approximate surface area is 201 Å². The van der Waals surface area contributed by atoms with Crippen LogP contribution in [0.2, 0.25) is 5.04 Å². The van der Waals surface area contributed by atoms with E-state index in [4.69, 9.17) is 4.43 Å². The maximum atomic E-state index is 6.94. The lowest BCUT2D eigenvalue weighted by atomic mass is 10.1. The second-order valence-electron chi connectivity index (χ2n) is 9.73. The van der Waals surface area contributed by atoms with E-state index in [1.54, 1.807) is 0 Å². The summed E-state index contributed by atoms with van der Waals surface area (Å²) in [5.74, 6) is 0. The number of benzene rings is 2. The fraction of sp³-hybridized carbons (Fsp3) is 0.367. The van der Waals surface area contributed by atoms with Crippen molar-refractivity contribution in [2.45, 2.75) is 64.3 Å². The van der Waals surface area contributed by atoms with E-state index in [2.05, 4.69) is 105 Å². The van der Waals surface area contributed by atoms with Gasteiger partial charge in [0.05, 0.1) is 0 Å². The van der Waals surface area contributed by atoms with E-state index in [-0.39, 0.29) is 5.04 Å². The van der Waals surface area contributed by atoms with E-state index >= 15 is 0 Å². The van der Waals surface area contributed by atoms with Crippen LogP contribution >= 0.6 is 0 Å². The zero-order valence-electron chi connectivity index (χ0n) is 20.5. The highest BCUT2D eigenvalue weighted by Gasteiger charge is 2.49. The molecule has 2 aromatic carbocycles. The summed E-state index contributed by atoms with van der Waals surface area (Å²) in [5, 5.41) is 2.73. The lowest BCUT2D eigenvalue weighted by Gasteiger charge is -2.43. The van der Waals surface area contributed by atoms with Gasteiger partial charge < -0.3 is 4.43 Å². The van der Waals surface area contributed by atoms with Crippen molar-refractivity contribution in [2.75, 3.05) is 6.61 Å². The van der Waals surface area contributed by atoms with Crippen LogP contribution in [-0.2, 0) is 10.8 Å². The van der Waals surface area contributed by atoms with E-state index in [0.29, 0.717) is 0 Å². The van der Waals surface area contributed by atoms with E-state index < -0.39 is 8.32 Å². The van der Waals surface area contributed by atoms with Crippen LogP contribution in [0.5, 0.6) is 0 Å². The van der Waals surface area contributed by atoms with Gasteiger partial charge in [0, 0.05) is 19.0 Å². The van der Waals surface area contributed by atoms with Gasteiger partial charge in [0.2, 0.25) is 0 Å². The van der Waals surface area contributed by atoms with Crippen molar-refractivity contribution in [3.8, 4) is 0 Å². The van der Waals surface area contributed by atoms with Crippen LogP contribution in [0.1, 0.15) is 58.4 Å². The molecule has 33 heavy (non-hydrogen) atoms. The molecule has 0 atom stereocenters. The average molecular weight is 458 g/mol. The first-order chi connectivity index (χ1) is 16.0. The highest BCUT2D eigenvalue weighted by atomic mass is 28.4. The van der Waals surface area contributed by atoms with Crippen molar-refractivity contribution in [3.05, 3.63) is 103 Å². The van der Waals surface area contributed by atoms with Crippen LogP contribution in [0.4, 0.5) is 0 Å². The first-order valence-electron chi connectivity index (χ1n) is 12.3. The molecule has 0 saturated carbocycles. The molecule has 0 N–H and O–H groups in total. The van der Waals surface area contributed by atoms with Gasteiger partial charge in [-0.1, -0.05) is 106 Å². The number of aryl methyl sites for hydroxylation is 1. The topological polar surface area (TPSA) is 22.1 Å². The number of rotatable bonds is 12. The Morgan fingerprint density at radius 1 is 0.758 bits per heavy atom. The predicted octanol–water partition coefficient (Wildman–Crippen LogP) is 6.71. The molecular formula is C30H39NOSi. The highest BCUT2D eigenvalue weighted by Crippen LogP contribution is 2.36. The third-order valence-electron chi connectivity index (χ3n) is 6.25. The van der Waals surface area contributed by atoms with Gasteiger partial charge in [-0.25, -0.2) is 0 Å². The third-order valence-corrected chi connectivity index (χ3v) is 11.3. The zero-order valence-corrected chi connectivity index (χ0v) is 21.5. The lowest BCUT2D eigenvalue weighted by Crippen LogP contribution is -2.66. The predicted molar refractivity (Wildman–Crippen MR) is 144 cm³/mol. The first kappa shape index (κ1) is 25.1. The van der Waals surface area contributed by atoms with Gasteiger partial charge in [-0.3, -0.25) is 4.98 Å². The molecule has 1 heterocycles. The number of hydrogen-bond acceptors (Lipinski definition) is 2. The second kappa shape index (κ2) is 12.7. The van der Waals surface area contributed by atoms with Gasteiger partial charge in [0.25, 0.3) is 8.32 Å². The molecule has 1 aromatic heterocycles. The van der Waals surface area contributed by atoms with Crippen molar-refractivity contribution < 1.29 is 4.43 Å². The van der Waals surface area contributed by atoms with Crippen molar-refractivity contribution in [1.82, 2.24) is 4.98 Å². The van der Waals surface area contributed by atoms with Gasteiger partial charge in [0.15, 0.2) is 0 Å². The highest BCUT2D eigenvalue weighted by molar-refractivity contribution is 6.99. The van der Waals surface area contributed by atoms with Crippen LogP contribution < -0.4 is 10.4 Å². The summed E-state index contributed by atoms with van der Waals surface area (Å²) in [6.45, 7) is 7.76. The van der Waals surface area contributed by atoms with E-state index in [0.717, 1.165) is 25.9 Å². The minimum atomic E-state index is -2.41. The standard InChI is InChI=1S/C30H39NOSi/c1-30(2,3)33(28-20-12-9-13-21-28,29-22-14-10-15-23-29)32-25-16-8-6-4-5-7-11-18-27-19-17-24-31-26-27/h6,8-10,12-15,17,19-24,26H,4-5,7,11,16,18,25H2,1-3H3/b8-6+. The van der Waals surface area contributed by atoms with Gasteiger partial charge in [-0.15, -0.1) is 0 Å². The Kier molecular flexibility index (Phi) is 9.65. The molecule has 0 bridgehead atoms. The summed E-state index contributed by atoms with van der Waals surface area (Å²) in [6, 6.07) is 26.0. The molecule has 0 spiro atoms. The summed E-state index contributed by atoms with van der Waals surface area (Å²) in [7, 11) is -2.41. The maximum absolute atomic E-state index is 6.94. The van der Waals surface area contributed by atoms with Crippen LogP contribution in [0.15, 0.2) is 97.3 Å². The Morgan fingerprint density at radius 3 is 1.97 bits per heavy atom. The molecule has 0 fully saturated rings. The Bertz CT molecular complexity index is 909. The smallest absolute Gasteiger partial charge is 0.261 e. The fourth-order valence-corrected chi connectivity index (χ4v) is 9.17. The van der Waals surface area contributed by atoms with Crippen molar-refractivity contribution >= 4 is 18.7 Å². The number of allylic oxidation sites excluding steroid dienone is 1. The molecule has 2 nitrogen and oxygen atoms in total. The zero-order chi connectivity index (χ0) is 23.4. The molecule has 3 heteroatoms.